The fourth-order valence-corrected chi connectivity index (χ4v) is 1.31. The van der Waals surface area contributed by atoms with Crippen LogP contribution in [-0.2, 0) is 5.60 Å². The van der Waals surface area contributed by atoms with Gasteiger partial charge in [-0.1, -0.05) is 23.7 Å². The molecule has 1 nitrogen and oxygen atoms in total. The lowest BCUT2D eigenvalue weighted by Crippen LogP contribution is -2.19. The molecule has 2 heteroatoms. The van der Waals surface area contributed by atoms with Crippen LogP contribution < -0.4 is 0 Å². The summed E-state index contributed by atoms with van der Waals surface area (Å²) < 4.78 is 0. The van der Waals surface area contributed by atoms with Crippen LogP contribution in [0, 0.1) is 12.3 Å². The molecule has 13 heavy (non-hydrogen) atoms. The van der Waals surface area contributed by atoms with Crippen molar-refractivity contribution in [1.82, 2.24) is 0 Å². The molecule has 0 radical (unpaired) electrons. The summed E-state index contributed by atoms with van der Waals surface area (Å²) in [6.45, 7) is 1.68. The molecule has 0 aromatic heterocycles. The van der Waals surface area contributed by atoms with Gasteiger partial charge in [-0.2, -0.15) is 0 Å². The highest BCUT2D eigenvalue weighted by Gasteiger charge is 2.21. The van der Waals surface area contributed by atoms with Crippen LogP contribution in [0.1, 0.15) is 18.9 Å². The van der Waals surface area contributed by atoms with Gasteiger partial charge in [0.05, 0.1) is 5.60 Å². The number of hydrogen-bond acceptors (Lipinski definition) is 1. The van der Waals surface area contributed by atoms with Gasteiger partial charge >= 0.3 is 0 Å². The van der Waals surface area contributed by atoms with Crippen molar-refractivity contribution in [2.75, 3.05) is 0 Å². The van der Waals surface area contributed by atoms with Crippen molar-refractivity contribution >= 4 is 11.6 Å². The topological polar surface area (TPSA) is 20.2 Å². The molecule has 0 aliphatic carbocycles. The second-order valence-electron chi connectivity index (χ2n) is 3.17. The van der Waals surface area contributed by atoms with E-state index in [1.54, 1.807) is 25.1 Å². The van der Waals surface area contributed by atoms with Crippen LogP contribution in [0.5, 0.6) is 0 Å². The molecule has 0 fully saturated rings. The van der Waals surface area contributed by atoms with Crippen molar-refractivity contribution < 1.29 is 5.11 Å². The van der Waals surface area contributed by atoms with Crippen molar-refractivity contribution in [3.8, 4) is 12.3 Å². The molecule has 0 bridgehead atoms. The number of benzene rings is 1. The Balaban J connectivity index is 3.01. The van der Waals surface area contributed by atoms with Gasteiger partial charge in [-0.25, -0.2) is 0 Å². The normalized spacial score (nSPS) is 14.6. The monoisotopic (exact) mass is 194 g/mol. The van der Waals surface area contributed by atoms with Gasteiger partial charge in [0.15, 0.2) is 0 Å². The average molecular weight is 195 g/mol. The van der Waals surface area contributed by atoms with E-state index in [2.05, 4.69) is 5.92 Å². The highest BCUT2D eigenvalue weighted by atomic mass is 35.5. The smallest absolute Gasteiger partial charge is 0.0977 e. The maximum atomic E-state index is 9.91. The molecule has 0 aliphatic rings. The Kier molecular flexibility index (Phi) is 2.98. The molecular formula is C11H11ClO. The Bertz CT molecular complexity index is 336. The molecule has 1 aromatic carbocycles. The Labute approximate surface area is 83.4 Å². The van der Waals surface area contributed by atoms with Crippen LogP contribution in [0.25, 0.3) is 0 Å². The minimum atomic E-state index is -0.986. The van der Waals surface area contributed by atoms with Gasteiger partial charge in [0.2, 0.25) is 0 Å². The van der Waals surface area contributed by atoms with E-state index in [1.165, 1.54) is 0 Å². The van der Waals surface area contributed by atoms with Crippen molar-refractivity contribution in [3.63, 3.8) is 0 Å². The van der Waals surface area contributed by atoms with E-state index in [0.29, 0.717) is 5.02 Å². The first-order valence-electron chi connectivity index (χ1n) is 3.98. The van der Waals surface area contributed by atoms with Gasteiger partial charge in [-0.3, -0.25) is 0 Å². The third-order valence-electron chi connectivity index (χ3n) is 1.89. The zero-order chi connectivity index (χ0) is 9.90. The predicted molar refractivity (Wildman–Crippen MR) is 54.5 cm³/mol. The van der Waals surface area contributed by atoms with Crippen LogP contribution in [0.15, 0.2) is 24.3 Å². The first-order chi connectivity index (χ1) is 6.06. The summed E-state index contributed by atoms with van der Waals surface area (Å²) in [7, 11) is 0. The van der Waals surface area contributed by atoms with Crippen LogP contribution >= 0.6 is 11.6 Å². The lowest BCUT2D eigenvalue weighted by atomic mass is 9.93. The summed E-state index contributed by atoms with van der Waals surface area (Å²) >= 11 is 5.79. The first kappa shape index (κ1) is 10.1. The molecule has 0 heterocycles. The Hall–Kier alpha value is -0.970. The third kappa shape index (κ3) is 2.48. The third-order valence-corrected chi connectivity index (χ3v) is 2.13. The van der Waals surface area contributed by atoms with Crippen molar-refractivity contribution in [2.45, 2.75) is 18.9 Å². The molecule has 0 unspecified atom stereocenters. The van der Waals surface area contributed by atoms with Gasteiger partial charge in [0, 0.05) is 11.4 Å². The lowest BCUT2D eigenvalue weighted by molar-refractivity contribution is 0.0630. The fraction of sp³-hybridized carbons (Fsp3) is 0.273. The Morgan fingerprint density at radius 2 is 2.31 bits per heavy atom. The van der Waals surface area contributed by atoms with Gasteiger partial charge in [0.1, 0.15) is 0 Å². The maximum Gasteiger partial charge on any atom is 0.0977 e. The highest BCUT2D eigenvalue weighted by molar-refractivity contribution is 6.30. The van der Waals surface area contributed by atoms with E-state index < -0.39 is 5.60 Å². The molecule has 0 aliphatic heterocycles. The molecule has 0 amide bonds. The lowest BCUT2D eigenvalue weighted by Gasteiger charge is -2.21. The zero-order valence-electron chi connectivity index (χ0n) is 7.42. The van der Waals surface area contributed by atoms with Crippen LogP contribution in [0.2, 0.25) is 5.02 Å². The van der Waals surface area contributed by atoms with Crippen molar-refractivity contribution in [3.05, 3.63) is 34.9 Å². The maximum absolute atomic E-state index is 9.91. The van der Waals surface area contributed by atoms with Gasteiger partial charge in [0.25, 0.3) is 0 Å². The van der Waals surface area contributed by atoms with Crippen LogP contribution in [-0.4, -0.2) is 5.11 Å². The van der Waals surface area contributed by atoms with Gasteiger partial charge in [-0.15, -0.1) is 12.3 Å². The molecule has 0 spiro atoms. The summed E-state index contributed by atoms with van der Waals surface area (Å²) in [5, 5.41) is 10.5. The number of aliphatic hydroxyl groups is 1. The number of rotatable bonds is 2. The van der Waals surface area contributed by atoms with E-state index in [1.807, 2.05) is 6.07 Å². The molecule has 1 N–H and O–H groups in total. The van der Waals surface area contributed by atoms with E-state index in [9.17, 15) is 5.11 Å². The van der Waals surface area contributed by atoms with Crippen LogP contribution in [0.3, 0.4) is 0 Å². The fourth-order valence-electron chi connectivity index (χ4n) is 1.12. The summed E-state index contributed by atoms with van der Waals surface area (Å²) in [6, 6.07) is 7.09. The molecular weight excluding hydrogens is 184 g/mol. The summed E-state index contributed by atoms with van der Waals surface area (Å²) in [5.41, 5.74) is -0.238. The standard InChI is InChI=1S/C11H11ClO/c1-3-7-11(2,13)9-5-4-6-10(12)8-9/h1,4-6,8,13H,7H2,2H3/t11-/m0/s1. The summed E-state index contributed by atoms with van der Waals surface area (Å²) in [5.74, 6) is 2.43. The van der Waals surface area contributed by atoms with Crippen molar-refractivity contribution in [2.24, 2.45) is 0 Å². The molecule has 0 saturated heterocycles. The Morgan fingerprint density at radius 1 is 1.62 bits per heavy atom. The second-order valence-corrected chi connectivity index (χ2v) is 3.60. The van der Waals surface area contributed by atoms with Gasteiger partial charge in [-0.05, 0) is 24.6 Å². The molecule has 1 rings (SSSR count). The van der Waals surface area contributed by atoms with E-state index in [-0.39, 0.29) is 6.42 Å². The number of terminal acetylenes is 1. The SMILES string of the molecule is C#CC[C@](C)(O)c1cccc(Cl)c1. The minimum Gasteiger partial charge on any atom is -0.384 e. The van der Waals surface area contributed by atoms with E-state index >= 15 is 0 Å². The summed E-state index contributed by atoms with van der Waals surface area (Å²) in [6.07, 6.45) is 5.43. The molecule has 1 atom stereocenters. The van der Waals surface area contributed by atoms with E-state index in [4.69, 9.17) is 18.0 Å². The summed E-state index contributed by atoms with van der Waals surface area (Å²) in [4.78, 5) is 0. The number of halogens is 1. The van der Waals surface area contributed by atoms with Crippen molar-refractivity contribution in [1.29, 1.82) is 0 Å². The zero-order valence-corrected chi connectivity index (χ0v) is 8.17. The minimum absolute atomic E-state index is 0.285. The number of hydrogen-bond donors (Lipinski definition) is 1. The first-order valence-corrected chi connectivity index (χ1v) is 4.36. The molecule has 68 valence electrons. The highest BCUT2D eigenvalue weighted by Crippen LogP contribution is 2.25. The molecule has 0 saturated carbocycles. The molecule has 1 aromatic rings. The van der Waals surface area contributed by atoms with Crippen LogP contribution in [0.4, 0.5) is 0 Å². The second kappa shape index (κ2) is 3.83. The Morgan fingerprint density at radius 3 is 2.85 bits per heavy atom. The van der Waals surface area contributed by atoms with Gasteiger partial charge < -0.3 is 5.11 Å². The largest absolute Gasteiger partial charge is 0.384 e. The quantitative estimate of drug-likeness (QED) is 0.718. The van der Waals surface area contributed by atoms with E-state index in [0.717, 1.165) is 5.56 Å². The predicted octanol–water partition coefficient (Wildman–Crippen LogP) is 2.57. The average Bonchev–Trinajstić information content (AvgIpc) is 2.04.